The Hall–Kier alpha value is -1.29. The van der Waals surface area contributed by atoms with Gasteiger partial charge in [0.1, 0.15) is 0 Å². The topological polar surface area (TPSA) is 83.5 Å². The second kappa shape index (κ2) is 4.76. The first-order chi connectivity index (χ1) is 8.11. The van der Waals surface area contributed by atoms with Crippen molar-refractivity contribution in [2.45, 2.75) is 10.4 Å². The van der Waals surface area contributed by atoms with E-state index in [0.29, 0.717) is 12.1 Å². The van der Waals surface area contributed by atoms with Crippen molar-refractivity contribution in [1.29, 1.82) is 0 Å². The minimum absolute atomic E-state index is 0.0888. The summed E-state index contributed by atoms with van der Waals surface area (Å²) in [6.45, 7) is 0. The molecule has 1 aromatic carbocycles. The Kier molecular flexibility index (Phi) is 3.91. The quantitative estimate of drug-likeness (QED) is 0.647. The number of alkyl halides is 3. The van der Waals surface area contributed by atoms with Crippen LogP contribution in [0.5, 0.6) is 5.75 Å². The molecule has 1 aromatic rings. The Bertz CT molecular complexity index is 585. The highest BCUT2D eigenvalue weighted by atomic mass is 79.9. The van der Waals surface area contributed by atoms with Crippen LogP contribution >= 0.6 is 15.9 Å². The summed E-state index contributed by atoms with van der Waals surface area (Å²) in [5.41, 5.74) is -5.93. The fourth-order valence-corrected chi connectivity index (χ4v) is 2.46. The largest absolute Gasteiger partial charge is 0.505 e. The van der Waals surface area contributed by atoms with E-state index in [1.807, 2.05) is 5.32 Å². The van der Waals surface area contributed by atoms with Crippen LogP contribution < -0.4 is 5.32 Å². The summed E-state index contributed by atoms with van der Waals surface area (Å²) in [5, 5.41) is 11.3. The maximum Gasteiger partial charge on any atom is 0.501 e. The number of amides is 1. The Morgan fingerprint density at radius 1 is 1.33 bits per heavy atom. The first-order valence-corrected chi connectivity index (χ1v) is 6.43. The highest BCUT2D eigenvalue weighted by molar-refractivity contribution is 9.10. The molecule has 0 radical (unpaired) electrons. The molecule has 0 spiro atoms. The lowest BCUT2D eigenvalue weighted by atomic mass is 10.3. The summed E-state index contributed by atoms with van der Waals surface area (Å²) < 4.78 is 58.9. The van der Waals surface area contributed by atoms with E-state index in [0.717, 1.165) is 0 Å². The molecule has 1 amide bonds. The van der Waals surface area contributed by atoms with Gasteiger partial charge in [0.2, 0.25) is 6.41 Å². The molecule has 0 saturated heterocycles. The van der Waals surface area contributed by atoms with Gasteiger partial charge in [0.05, 0.1) is 15.1 Å². The molecule has 0 atom stereocenters. The molecule has 18 heavy (non-hydrogen) atoms. The van der Waals surface area contributed by atoms with Crippen LogP contribution in [0.25, 0.3) is 0 Å². The third-order valence-corrected chi connectivity index (χ3v) is 3.94. The molecule has 0 aliphatic rings. The van der Waals surface area contributed by atoms with E-state index in [4.69, 9.17) is 0 Å². The molecule has 0 fully saturated rings. The summed E-state index contributed by atoms with van der Waals surface area (Å²) in [5.74, 6) is -0.580. The maximum atomic E-state index is 12.3. The van der Waals surface area contributed by atoms with Crippen molar-refractivity contribution in [3.63, 3.8) is 0 Å². The first-order valence-electron chi connectivity index (χ1n) is 4.15. The van der Waals surface area contributed by atoms with Gasteiger partial charge in [-0.05, 0) is 28.1 Å². The molecular formula is C8H5BrF3NO4S. The smallest absolute Gasteiger partial charge is 0.501 e. The van der Waals surface area contributed by atoms with E-state index >= 15 is 0 Å². The number of nitrogens with one attached hydrogen (secondary N) is 1. The highest BCUT2D eigenvalue weighted by Crippen LogP contribution is 2.38. The first kappa shape index (κ1) is 14.8. The molecule has 0 bridgehead atoms. The SMILES string of the molecule is O=CNc1cc(S(=O)(=O)C(F)(F)F)cc(Br)c1O. The van der Waals surface area contributed by atoms with E-state index in [9.17, 15) is 31.5 Å². The molecule has 0 saturated carbocycles. The molecule has 5 nitrogen and oxygen atoms in total. The van der Waals surface area contributed by atoms with Crippen LogP contribution in [0.2, 0.25) is 0 Å². The van der Waals surface area contributed by atoms with Crippen molar-refractivity contribution >= 4 is 37.9 Å². The number of halogens is 4. The van der Waals surface area contributed by atoms with Gasteiger partial charge < -0.3 is 10.4 Å². The predicted octanol–water partition coefficient (Wildman–Crippen LogP) is 2.02. The Labute approximate surface area is 108 Å². The van der Waals surface area contributed by atoms with Crippen molar-refractivity contribution in [2.75, 3.05) is 5.32 Å². The number of aromatic hydroxyl groups is 1. The van der Waals surface area contributed by atoms with Gasteiger partial charge in [0, 0.05) is 0 Å². The molecule has 0 aromatic heterocycles. The zero-order valence-corrected chi connectivity index (χ0v) is 10.7. The average Bonchev–Trinajstić information content (AvgIpc) is 2.23. The molecule has 1 rings (SSSR count). The van der Waals surface area contributed by atoms with Gasteiger partial charge in [0.25, 0.3) is 9.84 Å². The second-order valence-corrected chi connectivity index (χ2v) is 5.81. The summed E-state index contributed by atoms with van der Waals surface area (Å²) >= 11 is 2.69. The number of hydrogen-bond acceptors (Lipinski definition) is 4. The standard InChI is InChI=1S/C8H5BrF3NO4S/c9-5-1-4(18(16,17)8(10,11)12)2-6(7(5)15)13-3-14/h1-3,15H,(H,13,14). The lowest BCUT2D eigenvalue weighted by Crippen LogP contribution is -2.23. The van der Waals surface area contributed by atoms with E-state index in [2.05, 4.69) is 15.9 Å². The van der Waals surface area contributed by atoms with E-state index < -0.39 is 31.7 Å². The minimum atomic E-state index is -5.55. The molecule has 2 N–H and O–H groups in total. The van der Waals surface area contributed by atoms with Gasteiger partial charge in [-0.3, -0.25) is 4.79 Å². The molecule has 10 heteroatoms. The normalized spacial score (nSPS) is 12.2. The maximum absolute atomic E-state index is 12.3. The van der Waals surface area contributed by atoms with E-state index in [1.54, 1.807) is 0 Å². The van der Waals surface area contributed by atoms with Crippen LogP contribution in [-0.4, -0.2) is 25.4 Å². The number of phenols is 1. The number of sulfone groups is 1. The van der Waals surface area contributed by atoms with Crippen molar-refractivity contribution < 1.29 is 31.5 Å². The van der Waals surface area contributed by atoms with Gasteiger partial charge in [-0.25, -0.2) is 8.42 Å². The van der Waals surface area contributed by atoms with Crippen LogP contribution in [0.1, 0.15) is 0 Å². The van der Waals surface area contributed by atoms with Crippen molar-refractivity contribution in [3.8, 4) is 5.75 Å². The highest BCUT2D eigenvalue weighted by Gasteiger charge is 2.47. The zero-order valence-electron chi connectivity index (χ0n) is 8.32. The number of hydrogen-bond donors (Lipinski definition) is 2. The minimum Gasteiger partial charge on any atom is -0.505 e. The number of anilines is 1. The number of phenolic OH excluding ortho intramolecular Hbond substituents is 1. The third-order valence-electron chi connectivity index (χ3n) is 1.87. The Morgan fingerprint density at radius 2 is 1.89 bits per heavy atom. The van der Waals surface area contributed by atoms with Crippen molar-refractivity contribution in [3.05, 3.63) is 16.6 Å². The second-order valence-electron chi connectivity index (χ2n) is 3.01. The van der Waals surface area contributed by atoms with E-state index in [1.165, 1.54) is 0 Å². The number of carbonyl (C=O) groups is 1. The van der Waals surface area contributed by atoms with Gasteiger partial charge in [-0.15, -0.1) is 0 Å². The molecule has 0 aliphatic carbocycles. The summed E-state index contributed by atoms with van der Waals surface area (Å²) in [7, 11) is -5.55. The number of benzene rings is 1. The van der Waals surface area contributed by atoms with E-state index in [-0.39, 0.29) is 10.9 Å². The number of rotatable bonds is 3. The van der Waals surface area contributed by atoms with Crippen LogP contribution in [0.3, 0.4) is 0 Å². The third kappa shape index (κ3) is 2.58. The monoisotopic (exact) mass is 347 g/mol. The zero-order chi connectivity index (χ0) is 14.1. The lowest BCUT2D eigenvalue weighted by Gasteiger charge is -2.11. The van der Waals surface area contributed by atoms with Crippen LogP contribution in [0.4, 0.5) is 18.9 Å². The van der Waals surface area contributed by atoms with Gasteiger partial charge in [-0.2, -0.15) is 13.2 Å². The van der Waals surface area contributed by atoms with Crippen molar-refractivity contribution in [1.82, 2.24) is 0 Å². The molecule has 0 aliphatic heterocycles. The van der Waals surface area contributed by atoms with Crippen LogP contribution in [0, 0.1) is 0 Å². The van der Waals surface area contributed by atoms with Crippen molar-refractivity contribution in [2.24, 2.45) is 0 Å². The Balaban J connectivity index is 3.50. The molecular weight excluding hydrogens is 343 g/mol. The van der Waals surface area contributed by atoms with Gasteiger partial charge in [0.15, 0.2) is 5.75 Å². The van der Waals surface area contributed by atoms with Gasteiger partial charge >= 0.3 is 5.51 Å². The molecule has 0 unspecified atom stereocenters. The number of carbonyl (C=O) groups excluding carboxylic acids is 1. The summed E-state index contributed by atoms with van der Waals surface area (Å²) in [6.07, 6.45) is 0.0888. The fraction of sp³-hybridized carbons (Fsp3) is 0.125. The molecule has 0 heterocycles. The average molecular weight is 348 g/mol. The van der Waals surface area contributed by atoms with Crippen LogP contribution in [-0.2, 0) is 14.6 Å². The van der Waals surface area contributed by atoms with Gasteiger partial charge in [-0.1, -0.05) is 0 Å². The fourth-order valence-electron chi connectivity index (χ4n) is 1.04. The Morgan fingerprint density at radius 3 is 2.33 bits per heavy atom. The lowest BCUT2D eigenvalue weighted by molar-refractivity contribution is -0.105. The summed E-state index contributed by atoms with van der Waals surface area (Å²) in [6, 6.07) is 1.10. The summed E-state index contributed by atoms with van der Waals surface area (Å²) in [4.78, 5) is 9.09. The predicted molar refractivity (Wildman–Crippen MR) is 58.7 cm³/mol. The molecule has 100 valence electrons. The van der Waals surface area contributed by atoms with Crippen LogP contribution in [0.15, 0.2) is 21.5 Å².